The summed E-state index contributed by atoms with van der Waals surface area (Å²) >= 11 is 0. The summed E-state index contributed by atoms with van der Waals surface area (Å²) in [4.78, 5) is 0. The Balaban J connectivity index is 1.28. The van der Waals surface area contributed by atoms with Gasteiger partial charge in [-0.2, -0.15) is 0 Å². The molecule has 0 aromatic rings. The third kappa shape index (κ3) is 17.4. The summed E-state index contributed by atoms with van der Waals surface area (Å²) < 4.78 is 21.5. The molecule has 51 heavy (non-hydrogen) atoms. The van der Waals surface area contributed by atoms with E-state index in [0.717, 1.165) is 80.3 Å². The zero-order valence-corrected chi connectivity index (χ0v) is 33.8. The first-order valence-electron chi connectivity index (χ1n) is 22.8. The van der Waals surface area contributed by atoms with Crippen molar-refractivity contribution in [2.24, 2.45) is 41.4 Å². The highest BCUT2D eigenvalue weighted by atomic mass is 16.6. The lowest BCUT2D eigenvalue weighted by Crippen LogP contribution is -2.51. The molecule has 6 nitrogen and oxygen atoms in total. The van der Waals surface area contributed by atoms with Gasteiger partial charge in [0.25, 0.3) is 0 Å². The third-order valence-electron chi connectivity index (χ3n) is 13.5. The second-order valence-corrected chi connectivity index (χ2v) is 17.8. The van der Waals surface area contributed by atoms with Crippen molar-refractivity contribution < 1.29 is 29.2 Å². The molecule has 2 heterocycles. The first-order chi connectivity index (χ1) is 25.0. The molecule has 4 rings (SSSR count). The Kier molecular flexibility index (Phi) is 22.0. The fourth-order valence-corrected chi connectivity index (χ4v) is 10.2. The predicted molar refractivity (Wildman–Crippen MR) is 210 cm³/mol. The van der Waals surface area contributed by atoms with Crippen LogP contribution in [0.3, 0.4) is 0 Å². The largest absolute Gasteiger partial charge is 0.371 e. The van der Waals surface area contributed by atoms with Crippen LogP contribution in [0.1, 0.15) is 194 Å². The minimum Gasteiger partial charge on any atom is -0.371 e. The van der Waals surface area contributed by atoms with Gasteiger partial charge >= 0.3 is 0 Å². The smallest absolute Gasteiger partial charge is 0.154 e. The lowest BCUT2D eigenvalue weighted by Gasteiger charge is -2.58. The topological polar surface area (TPSA) is 84.0 Å². The number of fused-ring (bicyclic) bond motifs is 1. The summed E-state index contributed by atoms with van der Waals surface area (Å²) in [6.45, 7) is 9.91. The Bertz CT molecular complexity index is 847. The van der Waals surface area contributed by atoms with Crippen LogP contribution in [0.25, 0.3) is 0 Å². The summed E-state index contributed by atoms with van der Waals surface area (Å²) in [5.41, 5.74) is 0. The summed E-state index contributed by atoms with van der Waals surface area (Å²) in [5.74, 6) is 6.67. The Morgan fingerprint density at radius 2 is 0.882 bits per heavy atom. The van der Waals surface area contributed by atoms with Gasteiger partial charge in [0.2, 0.25) is 0 Å². The molecule has 11 unspecified atom stereocenters. The molecule has 2 aliphatic carbocycles. The van der Waals surface area contributed by atoms with E-state index in [1.807, 2.05) is 0 Å². The van der Waals surface area contributed by atoms with Crippen LogP contribution in [0.2, 0.25) is 0 Å². The first kappa shape index (κ1) is 43.5. The van der Waals surface area contributed by atoms with Crippen molar-refractivity contribution in [2.75, 3.05) is 26.4 Å². The van der Waals surface area contributed by atoms with Crippen molar-refractivity contribution in [3.05, 3.63) is 0 Å². The normalized spacial score (nSPS) is 30.1. The van der Waals surface area contributed by atoms with Crippen LogP contribution >= 0.6 is 0 Å². The molecule has 4 fully saturated rings. The standard InChI is InChI=1S/C45H84O6/c1-4-6-8-16-22-40-41(28-27-35(3)21-15-7-5-2)38(23-17-11-9-13-19-25-44(46)50-33-36-31-48-36)39(42-29-30-43(40)42)24-18-12-10-14-20-26-45(47)51-34-37-32-49-37/h35-47H,4-34H2,1-3H3. The first-order valence-corrected chi connectivity index (χ1v) is 22.8. The van der Waals surface area contributed by atoms with Crippen LogP contribution in [0.4, 0.5) is 0 Å². The number of rotatable bonds is 34. The molecule has 0 aromatic carbocycles. The minimum absolute atomic E-state index is 0.223. The third-order valence-corrected chi connectivity index (χ3v) is 13.5. The quantitative estimate of drug-likeness (QED) is 0.0391. The summed E-state index contributed by atoms with van der Waals surface area (Å²) in [5, 5.41) is 20.3. The van der Waals surface area contributed by atoms with E-state index in [1.165, 1.54) is 148 Å². The van der Waals surface area contributed by atoms with E-state index >= 15 is 0 Å². The van der Waals surface area contributed by atoms with Crippen LogP contribution in [0.5, 0.6) is 0 Å². The molecule has 0 radical (unpaired) electrons. The SMILES string of the molecule is CCCCCCC1C(CCC(C)CCCCC)C(CCCCCCCC(O)OCC2CO2)C(CCCCCCCC(O)OCC2CO2)C2CCC12. The molecule has 6 heteroatoms. The highest BCUT2D eigenvalue weighted by molar-refractivity contribution is 5.01. The van der Waals surface area contributed by atoms with E-state index in [1.54, 1.807) is 0 Å². The van der Waals surface area contributed by atoms with E-state index in [2.05, 4.69) is 20.8 Å². The van der Waals surface area contributed by atoms with Crippen LogP contribution in [-0.4, -0.2) is 61.4 Å². The lowest BCUT2D eigenvalue weighted by molar-refractivity contribution is -0.108. The molecule has 0 aromatic heterocycles. The number of hydrogen-bond donors (Lipinski definition) is 2. The maximum atomic E-state index is 10.2. The Hall–Kier alpha value is -0.240. The molecular weight excluding hydrogens is 636 g/mol. The van der Waals surface area contributed by atoms with E-state index in [9.17, 15) is 10.2 Å². The van der Waals surface area contributed by atoms with Gasteiger partial charge in [-0.3, -0.25) is 0 Å². The number of epoxide rings is 2. The maximum absolute atomic E-state index is 10.2. The molecule has 2 saturated heterocycles. The van der Waals surface area contributed by atoms with Crippen molar-refractivity contribution in [2.45, 2.75) is 219 Å². The van der Waals surface area contributed by atoms with Gasteiger partial charge in [-0.25, -0.2) is 0 Å². The molecule has 11 atom stereocenters. The molecule has 0 spiro atoms. The van der Waals surface area contributed by atoms with Gasteiger partial charge in [-0.15, -0.1) is 0 Å². The molecule has 0 amide bonds. The van der Waals surface area contributed by atoms with Crippen molar-refractivity contribution >= 4 is 0 Å². The summed E-state index contributed by atoms with van der Waals surface area (Å²) in [6, 6.07) is 0. The molecule has 4 aliphatic rings. The highest BCUT2D eigenvalue weighted by Gasteiger charge is 2.52. The summed E-state index contributed by atoms with van der Waals surface area (Å²) in [6.07, 6.45) is 34.8. The van der Waals surface area contributed by atoms with Crippen molar-refractivity contribution in [3.8, 4) is 0 Å². The number of unbranched alkanes of at least 4 members (excludes halogenated alkanes) is 13. The van der Waals surface area contributed by atoms with Crippen LogP contribution in [-0.2, 0) is 18.9 Å². The van der Waals surface area contributed by atoms with Gasteiger partial charge in [0.1, 0.15) is 12.2 Å². The zero-order valence-electron chi connectivity index (χ0n) is 33.8. The average molecular weight is 721 g/mol. The van der Waals surface area contributed by atoms with Crippen molar-refractivity contribution in [3.63, 3.8) is 0 Å². The van der Waals surface area contributed by atoms with Crippen molar-refractivity contribution in [1.29, 1.82) is 0 Å². The molecule has 2 N–H and O–H groups in total. The number of aliphatic hydroxyl groups is 2. The van der Waals surface area contributed by atoms with Gasteiger partial charge in [0.05, 0.1) is 26.4 Å². The van der Waals surface area contributed by atoms with Crippen LogP contribution < -0.4 is 0 Å². The highest BCUT2D eigenvalue weighted by Crippen LogP contribution is 2.60. The Labute approximate surface area is 315 Å². The molecule has 2 aliphatic heterocycles. The average Bonchev–Trinajstić information content (AvgIpc) is 4.04. The summed E-state index contributed by atoms with van der Waals surface area (Å²) in [7, 11) is 0. The fourth-order valence-electron chi connectivity index (χ4n) is 10.2. The number of ether oxygens (including phenoxy) is 4. The minimum atomic E-state index is -0.625. The Morgan fingerprint density at radius 3 is 1.35 bits per heavy atom. The molecule has 0 bridgehead atoms. The lowest BCUT2D eigenvalue weighted by atomic mass is 9.47. The number of aliphatic hydroxyl groups excluding tert-OH is 2. The van der Waals surface area contributed by atoms with E-state index in [0.29, 0.717) is 13.2 Å². The number of hydrogen-bond acceptors (Lipinski definition) is 6. The molecule has 300 valence electrons. The van der Waals surface area contributed by atoms with E-state index in [-0.39, 0.29) is 12.2 Å². The monoisotopic (exact) mass is 721 g/mol. The maximum Gasteiger partial charge on any atom is 0.154 e. The molecular formula is C45H84O6. The van der Waals surface area contributed by atoms with E-state index in [4.69, 9.17) is 18.9 Å². The predicted octanol–water partition coefficient (Wildman–Crippen LogP) is 11.4. The van der Waals surface area contributed by atoms with Crippen LogP contribution in [0.15, 0.2) is 0 Å². The second kappa shape index (κ2) is 25.8. The molecule has 2 saturated carbocycles. The van der Waals surface area contributed by atoms with Crippen LogP contribution in [0, 0.1) is 41.4 Å². The van der Waals surface area contributed by atoms with Gasteiger partial charge < -0.3 is 29.2 Å². The van der Waals surface area contributed by atoms with Gasteiger partial charge in [-0.1, -0.05) is 130 Å². The van der Waals surface area contributed by atoms with Gasteiger partial charge in [0.15, 0.2) is 12.6 Å². The zero-order chi connectivity index (χ0) is 36.1. The second-order valence-electron chi connectivity index (χ2n) is 17.8. The van der Waals surface area contributed by atoms with E-state index < -0.39 is 12.6 Å². The fraction of sp³-hybridized carbons (Fsp3) is 1.00. The van der Waals surface area contributed by atoms with Gasteiger partial charge in [0, 0.05) is 0 Å². The Morgan fingerprint density at radius 1 is 0.490 bits per heavy atom. The van der Waals surface area contributed by atoms with Gasteiger partial charge in [-0.05, 0) is 106 Å². The van der Waals surface area contributed by atoms with Crippen molar-refractivity contribution in [1.82, 2.24) is 0 Å².